The van der Waals surface area contributed by atoms with Crippen LogP contribution in [0.4, 0.5) is 0 Å². The lowest BCUT2D eigenvalue weighted by atomic mass is 10.2. The highest BCUT2D eigenvalue weighted by Crippen LogP contribution is 2.22. The Morgan fingerprint density at radius 2 is 1.96 bits per heavy atom. The van der Waals surface area contributed by atoms with Crippen LogP contribution in [0.3, 0.4) is 0 Å². The Morgan fingerprint density at radius 1 is 1.22 bits per heavy atom. The van der Waals surface area contributed by atoms with Crippen LogP contribution >= 0.6 is 24.0 Å². The van der Waals surface area contributed by atoms with Gasteiger partial charge in [-0.15, -0.1) is 12.4 Å². The molecule has 0 fully saturated rings. The highest BCUT2D eigenvalue weighted by atomic mass is 35.5. The Morgan fingerprint density at radius 3 is 2.61 bits per heavy atom. The highest BCUT2D eigenvalue weighted by molar-refractivity contribution is 6.30. The first-order valence-corrected chi connectivity index (χ1v) is 7.40. The maximum atomic E-state index is 5.86. The summed E-state index contributed by atoms with van der Waals surface area (Å²) in [5.74, 6) is 0.809. The second kappa shape index (κ2) is 7.53. The molecule has 0 spiro atoms. The molecule has 3 rings (SSSR count). The number of aryl methyl sites for hydroxylation is 2. The van der Waals surface area contributed by atoms with Crippen LogP contribution in [0, 0.1) is 6.92 Å². The molecule has 122 valence electrons. The van der Waals surface area contributed by atoms with Crippen molar-refractivity contribution in [3.8, 4) is 17.0 Å². The standard InChI is InChI=1S/C16H17ClN4O.ClH/c1-12-15(10-20(2)19-12)16-9-18-11-21(16)7-8-22-14-5-3-13(17)4-6-14;/h3-6,9-11H,7-8H2,1-2H3;1H. The molecule has 0 amide bonds. The lowest BCUT2D eigenvalue weighted by molar-refractivity contribution is 0.299. The van der Waals surface area contributed by atoms with E-state index >= 15 is 0 Å². The number of rotatable bonds is 5. The molecule has 0 radical (unpaired) electrons. The Balaban J connectivity index is 0.00000192. The van der Waals surface area contributed by atoms with Gasteiger partial charge in [-0.1, -0.05) is 11.6 Å². The maximum Gasteiger partial charge on any atom is 0.119 e. The molecule has 1 aromatic carbocycles. The maximum absolute atomic E-state index is 5.86. The second-order valence-corrected chi connectivity index (χ2v) is 5.51. The molecular formula is C16H18Cl2N4O. The van der Waals surface area contributed by atoms with Crippen LogP contribution in [0.2, 0.25) is 5.02 Å². The number of hydrogen-bond acceptors (Lipinski definition) is 3. The summed E-state index contributed by atoms with van der Waals surface area (Å²) in [6, 6.07) is 7.36. The van der Waals surface area contributed by atoms with Crippen molar-refractivity contribution in [1.82, 2.24) is 19.3 Å². The van der Waals surface area contributed by atoms with Crippen molar-refractivity contribution < 1.29 is 4.74 Å². The van der Waals surface area contributed by atoms with Crippen LogP contribution in [0.15, 0.2) is 43.0 Å². The van der Waals surface area contributed by atoms with Gasteiger partial charge in [0.25, 0.3) is 0 Å². The summed E-state index contributed by atoms with van der Waals surface area (Å²) < 4.78 is 9.61. The number of ether oxygens (including phenoxy) is 1. The molecule has 0 atom stereocenters. The molecule has 0 aliphatic carbocycles. The van der Waals surface area contributed by atoms with Gasteiger partial charge in [0, 0.05) is 23.8 Å². The van der Waals surface area contributed by atoms with Crippen molar-refractivity contribution in [1.29, 1.82) is 0 Å². The monoisotopic (exact) mass is 352 g/mol. The van der Waals surface area contributed by atoms with Gasteiger partial charge in [0.05, 0.1) is 30.5 Å². The predicted molar refractivity (Wildman–Crippen MR) is 93.4 cm³/mol. The van der Waals surface area contributed by atoms with Gasteiger partial charge in [-0.2, -0.15) is 5.10 Å². The molecule has 5 nitrogen and oxygen atoms in total. The fourth-order valence-electron chi connectivity index (χ4n) is 2.37. The molecule has 0 aliphatic rings. The summed E-state index contributed by atoms with van der Waals surface area (Å²) >= 11 is 5.86. The molecule has 0 bridgehead atoms. The van der Waals surface area contributed by atoms with Gasteiger partial charge < -0.3 is 9.30 Å². The molecular weight excluding hydrogens is 335 g/mol. The normalized spacial score (nSPS) is 10.4. The third kappa shape index (κ3) is 4.06. The lowest BCUT2D eigenvalue weighted by Crippen LogP contribution is -2.08. The molecule has 3 aromatic rings. The number of imidazole rings is 1. The summed E-state index contributed by atoms with van der Waals surface area (Å²) in [6.45, 7) is 3.27. The van der Waals surface area contributed by atoms with Crippen molar-refractivity contribution >= 4 is 24.0 Å². The molecule has 23 heavy (non-hydrogen) atoms. The fraction of sp³-hybridized carbons (Fsp3) is 0.250. The minimum Gasteiger partial charge on any atom is -0.492 e. The third-order valence-corrected chi connectivity index (χ3v) is 3.67. The van der Waals surface area contributed by atoms with E-state index in [0.29, 0.717) is 18.2 Å². The quantitative estimate of drug-likeness (QED) is 0.702. The smallest absolute Gasteiger partial charge is 0.119 e. The van der Waals surface area contributed by atoms with E-state index in [9.17, 15) is 0 Å². The lowest BCUT2D eigenvalue weighted by Gasteiger charge is -2.09. The first-order valence-electron chi connectivity index (χ1n) is 7.02. The van der Waals surface area contributed by atoms with Gasteiger partial charge >= 0.3 is 0 Å². The molecule has 7 heteroatoms. The van der Waals surface area contributed by atoms with E-state index < -0.39 is 0 Å². The largest absolute Gasteiger partial charge is 0.492 e. The Bertz CT molecular complexity index is 765. The van der Waals surface area contributed by atoms with Crippen LogP contribution in [0.25, 0.3) is 11.3 Å². The highest BCUT2D eigenvalue weighted by Gasteiger charge is 2.11. The van der Waals surface area contributed by atoms with Crippen LogP contribution in [0.5, 0.6) is 5.75 Å². The van der Waals surface area contributed by atoms with Gasteiger partial charge in [0.1, 0.15) is 12.4 Å². The van der Waals surface area contributed by atoms with Gasteiger partial charge in [-0.25, -0.2) is 4.98 Å². The predicted octanol–water partition coefficient (Wildman–Crippen LogP) is 3.75. The Kier molecular flexibility index (Phi) is 5.69. The van der Waals surface area contributed by atoms with Crippen LogP contribution in [0.1, 0.15) is 5.69 Å². The molecule has 0 unspecified atom stereocenters. The van der Waals surface area contributed by atoms with E-state index in [1.165, 1.54) is 0 Å². The van der Waals surface area contributed by atoms with Gasteiger partial charge in [-0.05, 0) is 31.2 Å². The van der Waals surface area contributed by atoms with Crippen molar-refractivity contribution in [2.75, 3.05) is 6.61 Å². The van der Waals surface area contributed by atoms with Gasteiger partial charge in [0.15, 0.2) is 0 Å². The van der Waals surface area contributed by atoms with Crippen LogP contribution < -0.4 is 4.74 Å². The second-order valence-electron chi connectivity index (χ2n) is 5.08. The number of hydrogen-bond donors (Lipinski definition) is 0. The van der Waals surface area contributed by atoms with Crippen LogP contribution in [-0.4, -0.2) is 25.9 Å². The summed E-state index contributed by atoms with van der Waals surface area (Å²) in [5.41, 5.74) is 3.12. The number of halogens is 2. The first-order chi connectivity index (χ1) is 10.6. The minimum atomic E-state index is 0. The number of aromatic nitrogens is 4. The fourth-order valence-corrected chi connectivity index (χ4v) is 2.49. The molecule has 0 N–H and O–H groups in total. The van der Waals surface area contributed by atoms with Crippen molar-refractivity contribution in [2.45, 2.75) is 13.5 Å². The zero-order valence-electron chi connectivity index (χ0n) is 12.9. The summed E-state index contributed by atoms with van der Waals surface area (Å²) in [5, 5.41) is 5.08. The average Bonchev–Trinajstić information content (AvgIpc) is 3.07. The zero-order chi connectivity index (χ0) is 15.5. The van der Waals surface area contributed by atoms with E-state index in [-0.39, 0.29) is 12.4 Å². The number of benzene rings is 1. The van der Waals surface area contributed by atoms with E-state index in [1.807, 2.05) is 61.6 Å². The van der Waals surface area contributed by atoms with Crippen LogP contribution in [-0.2, 0) is 13.6 Å². The number of nitrogens with zero attached hydrogens (tertiary/aromatic N) is 4. The van der Waals surface area contributed by atoms with Crippen molar-refractivity contribution in [3.05, 3.63) is 53.7 Å². The molecule has 0 aliphatic heterocycles. The van der Waals surface area contributed by atoms with E-state index in [4.69, 9.17) is 16.3 Å². The van der Waals surface area contributed by atoms with Gasteiger partial charge in [-0.3, -0.25) is 4.68 Å². The van der Waals surface area contributed by atoms with Gasteiger partial charge in [0.2, 0.25) is 0 Å². The van der Waals surface area contributed by atoms with E-state index in [0.717, 1.165) is 22.7 Å². The Hall–Kier alpha value is -1.98. The molecule has 2 aromatic heterocycles. The minimum absolute atomic E-state index is 0. The Labute approximate surface area is 146 Å². The first kappa shape index (κ1) is 17.4. The summed E-state index contributed by atoms with van der Waals surface area (Å²) in [7, 11) is 1.92. The molecule has 0 saturated carbocycles. The zero-order valence-corrected chi connectivity index (χ0v) is 14.5. The summed E-state index contributed by atoms with van der Waals surface area (Å²) in [6.07, 6.45) is 5.67. The SMILES string of the molecule is Cc1nn(C)cc1-c1cncn1CCOc1ccc(Cl)cc1.Cl. The average molecular weight is 353 g/mol. The van der Waals surface area contributed by atoms with Crippen molar-refractivity contribution in [3.63, 3.8) is 0 Å². The van der Waals surface area contributed by atoms with E-state index in [2.05, 4.69) is 14.6 Å². The van der Waals surface area contributed by atoms with Crippen molar-refractivity contribution in [2.24, 2.45) is 7.05 Å². The van der Waals surface area contributed by atoms with E-state index in [1.54, 1.807) is 0 Å². The molecule has 0 saturated heterocycles. The topological polar surface area (TPSA) is 44.9 Å². The summed E-state index contributed by atoms with van der Waals surface area (Å²) in [4.78, 5) is 4.24. The molecule has 2 heterocycles. The third-order valence-electron chi connectivity index (χ3n) is 3.42.